The van der Waals surface area contributed by atoms with Crippen molar-refractivity contribution in [3.63, 3.8) is 0 Å². The maximum absolute atomic E-state index is 12.2. The Hall–Kier alpha value is -0.853. The van der Waals surface area contributed by atoms with E-state index in [0.717, 1.165) is 11.1 Å². The minimum atomic E-state index is -1.24. The summed E-state index contributed by atoms with van der Waals surface area (Å²) >= 11 is 0. The maximum atomic E-state index is 12.2. The normalized spacial score (nSPS) is 24.9. The number of ketones is 1. The molecule has 1 aliphatic carbocycles. The highest BCUT2D eigenvalue weighted by molar-refractivity contribution is 6.48. The molecule has 3 heteroatoms. The predicted molar refractivity (Wildman–Crippen MR) is 77.9 cm³/mol. The van der Waals surface area contributed by atoms with Gasteiger partial charge in [-0.3, -0.25) is 4.79 Å². The monoisotopic (exact) mass is 264 g/mol. The van der Waals surface area contributed by atoms with Gasteiger partial charge in [0, 0.05) is 18.4 Å². The molecule has 100 valence electrons. The average Bonchev–Trinajstić information content (AvgIpc) is 2.42. The largest absolute Gasteiger partial charge is 0.410 e. The molecular weight excluding hydrogens is 240 g/mol. The van der Waals surface area contributed by atoms with Crippen molar-refractivity contribution < 1.29 is 9.22 Å². The number of hydrogen-bond acceptors (Lipinski definition) is 2. The van der Waals surface area contributed by atoms with E-state index in [4.69, 9.17) is 10.8 Å². The van der Waals surface area contributed by atoms with Crippen molar-refractivity contribution in [2.24, 2.45) is 5.41 Å². The van der Waals surface area contributed by atoms with Gasteiger partial charge in [-0.05, 0) is 31.0 Å². The number of rotatable bonds is 3. The summed E-state index contributed by atoms with van der Waals surface area (Å²) in [6.07, 6.45) is 6.23. The number of allylic oxidation sites excluding steroid dienone is 1. The van der Waals surface area contributed by atoms with Gasteiger partial charge in [0.15, 0.2) is 14.8 Å². The Morgan fingerprint density at radius 1 is 1.44 bits per heavy atom. The van der Waals surface area contributed by atoms with Crippen LogP contribution in [0.2, 0.25) is 13.1 Å². The quantitative estimate of drug-likeness (QED) is 0.578. The molecule has 0 heterocycles. The van der Waals surface area contributed by atoms with Crippen LogP contribution in [-0.2, 0) is 9.22 Å². The first-order valence-corrected chi connectivity index (χ1v) is 9.28. The molecule has 0 saturated carbocycles. The van der Waals surface area contributed by atoms with Gasteiger partial charge in [-0.25, -0.2) is 0 Å². The molecule has 0 spiro atoms. The number of terminal acetylenes is 1. The molecule has 1 aliphatic rings. The molecule has 18 heavy (non-hydrogen) atoms. The summed E-state index contributed by atoms with van der Waals surface area (Å²) in [5, 5.41) is 0. The average molecular weight is 264 g/mol. The molecule has 0 aromatic carbocycles. The lowest BCUT2D eigenvalue weighted by molar-refractivity contribution is -0.119. The summed E-state index contributed by atoms with van der Waals surface area (Å²) in [5.74, 6) is 2.75. The Labute approximate surface area is 113 Å². The molecule has 0 N–H and O–H groups in total. The molecule has 0 amide bonds. The Bertz CT molecular complexity index is 421. The van der Waals surface area contributed by atoms with E-state index in [1.54, 1.807) is 0 Å². The number of hydrogen-bond donors (Lipinski definition) is 0. The Morgan fingerprint density at radius 3 is 2.39 bits per heavy atom. The van der Waals surface area contributed by atoms with Crippen molar-refractivity contribution >= 4 is 14.8 Å². The van der Waals surface area contributed by atoms with Gasteiger partial charge < -0.3 is 4.43 Å². The maximum Gasteiger partial charge on any atom is 0.172 e. The van der Waals surface area contributed by atoms with Gasteiger partial charge in [-0.15, -0.1) is 12.3 Å². The molecule has 0 fully saturated rings. The van der Waals surface area contributed by atoms with Crippen LogP contribution in [0.5, 0.6) is 0 Å². The Morgan fingerprint density at radius 2 is 2.00 bits per heavy atom. The van der Waals surface area contributed by atoms with Crippen LogP contribution in [0.15, 0.2) is 11.1 Å². The molecule has 1 rings (SSSR count). The molecule has 0 saturated heterocycles. The SMILES string of the molecule is C#CCC1=C(C)[C@@](O[SiH](C)C)(C(C)(C)C)CC1=O. The fraction of sp³-hybridized carbons (Fsp3) is 0.667. The zero-order valence-electron chi connectivity index (χ0n) is 12.4. The van der Waals surface area contributed by atoms with E-state index in [0.29, 0.717) is 12.8 Å². The highest BCUT2D eigenvalue weighted by atomic mass is 28.3. The van der Waals surface area contributed by atoms with E-state index in [-0.39, 0.29) is 11.2 Å². The fourth-order valence-corrected chi connectivity index (χ4v) is 4.21. The van der Waals surface area contributed by atoms with Crippen molar-refractivity contribution in [1.82, 2.24) is 0 Å². The lowest BCUT2D eigenvalue weighted by Crippen LogP contribution is -2.48. The van der Waals surface area contributed by atoms with Crippen LogP contribution >= 0.6 is 0 Å². The molecule has 0 aliphatic heterocycles. The van der Waals surface area contributed by atoms with Crippen LogP contribution in [0.4, 0.5) is 0 Å². The molecule has 0 aromatic heterocycles. The predicted octanol–water partition coefficient (Wildman–Crippen LogP) is 3.08. The molecule has 2 nitrogen and oxygen atoms in total. The topological polar surface area (TPSA) is 26.3 Å². The Kier molecular flexibility index (Phi) is 4.25. The molecule has 0 aromatic rings. The number of carbonyl (C=O) groups is 1. The van der Waals surface area contributed by atoms with Gasteiger partial charge >= 0.3 is 0 Å². The molecule has 0 bridgehead atoms. The van der Waals surface area contributed by atoms with Crippen LogP contribution in [0.25, 0.3) is 0 Å². The second-order valence-electron chi connectivity index (χ2n) is 6.33. The first kappa shape index (κ1) is 15.2. The van der Waals surface area contributed by atoms with Crippen LogP contribution in [0, 0.1) is 17.8 Å². The highest BCUT2D eigenvalue weighted by Gasteiger charge is 2.51. The van der Waals surface area contributed by atoms with Crippen molar-refractivity contribution in [3.05, 3.63) is 11.1 Å². The van der Waals surface area contributed by atoms with Crippen LogP contribution in [0.3, 0.4) is 0 Å². The summed E-state index contributed by atoms with van der Waals surface area (Å²) < 4.78 is 6.31. The van der Waals surface area contributed by atoms with Crippen LogP contribution in [-0.4, -0.2) is 20.4 Å². The third-order valence-electron chi connectivity index (χ3n) is 3.73. The summed E-state index contributed by atoms with van der Waals surface area (Å²) in [6, 6.07) is 0. The Balaban J connectivity index is 3.32. The van der Waals surface area contributed by atoms with Gasteiger partial charge in [-0.1, -0.05) is 20.8 Å². The fourth-order valence-electron chi connectivity index (χ4n) is 2.79. The first-order chi connectivity index (χ1) is 8.15. The van der Waals surface area contributed by atoms with E-state index in [1.165, 1.54) is 0 Å². The first-order valence-electron chi connectivity index (χ1n) is 6.50. The second-order valence-corrected chi connectivity index (χ2v) is 8.66. The lowest BCUT2D eigenvalue weighted by Gasteiger charge is -2.44. The van der Waals surface area contributed by atoms with Gasteiger partial charge in [0.05, 0.1) is 5.60 Å². The van der Waals surface area contributed by atoms with E-state index in [9.17, 15) is 4.79 Å². The molecule has 1 atom stereocenters. The van der Waals surface area contributed by atoms with E-state index in [2.05, 4.69) is 39.8 Å². The van der Waals surface area contributed by atoms with Crippen molar-refractivity contribution in [2.75, 3.05) is 0 Å². The second kappa shape index (κ2) is 5.03. The molecule has 0 radical (unpaired) electrons. The van der Waals surface area contributed by atoms with Crippen molar-refractivity contribution in [3.8, 4) is 12.3 Å². The molecule has 0 unspecified atom stereocenters. The zero-order chi connectivity index (χ0) is 14.1. The smallest absolute Gasteiger partial charge is 0.172 e. The minimum Gasteiger partial charge on any atom is -0.410 e. The van der Waals surface area contributed by atoms with Gasteiger partial charge in [0.1, 0.15) is 0 Å². The highest BCUT2D eigenvalue weighted by Crippen LogP contribution is 2.49. The zero-order valence-corrected chi connectivity index (χ0v) is 13.5. The minimum absolute atomic E-state index is 0.0969. The summed E-state index contributed by atoms with van der Waals surface area (Å²) in [6.45, 7) is 12.7. The number of Topliss-reactive ketones (excluding diaryl/α,β-unsaturated/α-hetero) is 1. The van der Waals surface area contributed by atoms with Crippen molar-refractivity contribution in [1.29, 1.82) is 0 Å². The van der Waals surface area contributed by atoms with Gasteiger partial charge in [-0.2, -0.15) is 0 Å². The third-order valence-corrected chi connectivity index (χ3v) is 4.61. The standard InChI is InChI=1S/C15H24O2Si/c1-8-9-12-11(2)15(10-13(12)16,14(3,4)5)17-18(6)7/h1,18H,9-10H2,2-7H3/t15-/m1/s1. The summed E-state index contributed by atoms with van der Waals surface area (Å²) in [4.78, 5) is 12.2. The third kappa shape index (κ3) is 2.45. The van der Waals surface area contributed by atoms with Crippen LogP contribution < -0.4 is 0 Å². The van der Waals surface area contributed by atoms with Gasteiger partial charge in [0.25, 0.3) is 0 Å². The van der Waals surface area contributed by atoms with Crippen molar-refractivity contribution in [2.45, 2.75) is 59.2 Å². The lowest BCUT2D eigenvalue weighted by atomic mass is 9.72. The summed E-state index contributed by atoms with van der Waals surface area (Å²) in [7, 11) is -1.24. The van der Waals surface area contributed by atoms with Gasteiger partial charge in [0.2, 0.25) is 0 Å². The van der Waals surface area contributed by atoms with Crippen LogP contribution in [0.1, 0.15) is 40.5 Å². The molecular formula is C15H24O2Si. The summed E-state index contributed by atoms with van der Waals surface area (Å²) in [5.41, 5.74) is 1.30. The van der Waals surface area contributed by atoms with E-state index in [1.807, 2.05) is 6.92 Å². The number of carbonyl (C=O) groups excluding carboxylic acids is 1. The van der Waals surface area contributed by atoms with E-state index >= 15 is 0 Å². The van der Waals surface area contributed by atoms with E-state index < -0.39 is 14.6 Å².